The van der Waals surface area contributed by atoms with Gasteiger partial charge in [0.1, 0.15) is 11.5 Å². The van der Waals surface area contributed by atoms with E-state index in [0.717, 1.165) is 16.8 Å². The topological polar surface area (TPSA) is 49.8 Å². The van der Waals surface area contributed by atoms with Gasteiger partial charge in [0.25, 0.3) is 5.91 Å². The third-order valence-electron chi connectivity index (χ3n) is 4.31. The Kier molecular flexibility index (Phi) is 3.84. The van der Waals surface area contributed by atoms with E-state index in [2.05, 4.69) is 0 Å². The molecule has 0 saturated carbocycles. The lowest BCUT2D eigenvalue weighted by Crippen LogP contribution is -2.49. The van der Waals surface area contributed by atoms with Crippen molar-refractivity contribution in [2.75, 3.05) is 12.0 Å². The summed E-state index contributed by atoms with van der Waals surface area (Å²) >= 11 is 0. The maximum absolute atomic E-state index is 13.2. The molecule has 0 spiro atoms. The molecule has 4 heteroatoms. The number of carbonyl (C=O) groups is 1. The smallest absolute Gasteiger partial charge is 0.259 e. The Bertz CT molecular complexity index is 837. The van der Waals surface area contributed by atoms with Crippen LogP contribution in [0.4, 0.5) is 5.69 Å². The number of aromatic hydroxyl groups is 1. The van der Waals surface area contributed by atoms with Crippen molar-refractivity contribution in [1.29, 1.82) is 0 Å². The van der Waals surface area contributed by atoms with Crippen LogP contribution in [0.25, 0.3) is 5.57 Å². The molecule has 1 aliphatic heterocycles. The molecule has 3 rings (SSSR count). The van der Waals surface area contributed by atoms with E-state index in [0.29, 0.717) is 11.3 Å². The number of hydrogen-bond donors (Lipinski definition) is 1. The molecule has 1 N–H and O–H groups in total. The highest BCUT2D eigenvalue weighted by Crippen LogP contribution is 2.41. The Morgan fingerprint density at radius 3 is 2.62 bits per heavy atom. The van der Waals surface area contributed by atoms with Crippen LogP contribution in [-0.4, -0.2) is 23.7 Å². The molecule has 0 bridgehead atoms. The molecule has 2 aromatic carbocycles. The summed E-state index contributed by atoms with van der Waals surface area (Å²) in [6.45, 7) is 6.00. The van der Waals surface area contributed by atoms with E-state index in [1.807, 2.05) is 39.0 Å². The lowest BCUT2D eigenvalue weighted by Gasteiger charge is -2.41. The van der Waals surface area contributed by atoms with E-state index in [-0.39, 0.29) is 11.7 Å². The van der Waals surface area contributed by atoms with Crippen LogP contribution in [0, 0.1) is 0 Å². The van der Waals surface area contributed by atoms with Gasteiger partial charge >= 0.3 is 0 Å². The number of ether oxygens (including phenoxy) is 1. The quantitative estimate of drug-likeness (QED) is 0.899. The first-order chi connectivity index (χ1) is 11.3. The lowest BCUT2D eigenvalue weighted by atomic mass is 9.88. The van der Waals surface area contributed by atoms with Crippen molar-refractivity contribution < 1.29 is 14.6 Å². The maximum atomic E-state index is 13.2. The molecule has 0 radical (unpaired) electrons. The van der Waals surface area contributed by atoms with Crippen molar-refractivity contribution in [3.05, 3.63) is 59.7 Å². The SMILES string of the molecule is COc1cccc(C(=O)N2c3ccc(O)cc3C(C)=CC2(C)C)c1. The zero-order valence-electron chi connectivity index (χ0n) is 14.3. The number of rotatable bonds is 2. The van der Waals surface area contributed by atoms with Crippen molar-refractivity contribution in [1.82, 2.24) is 0 Å². The molecule has 1 amide bonds. The predicted octanol–water partition coefficient (Wildman–Crippen LogP) is 4.24. The average molecular weight is 323 g/mol. The number of carbonyl (C=O) groups excluding carboxylic acids is 1. The van der Waals surface area contributed by atoms with Crippen LogP contribution in [0.15, 0.2) is 48.5 Å². The molecule has 4 nitrogen and oxygen atoms in total. The zero-order valence-corrected chi connectivity index (χ0v) is 14.3. The van der Waals surface area contributed by atoms with E-state index >= 15 is 0 Å². The number of allylic oxidation sites excluding steroid dienone is 1. The van der Waals surface area contributed by atoms with E-state index in [4.69, 9.17) is 4.74 Å². The Hall–Kier alpha value is -2.75. The van der Waals surface area contributed by atoms with Crippen LogP contribution in [0.1, 0.15) is 36.7 Å². The molecule has 1 aliphatic rings. The van der Waals surface area contributed by atoms with Crippen molar-refractivity contribution in [2.45, 2.75) is 26.3 Å². The van der Waals surface area contributed by atoms with Gasteiger partial charge < -0.3 is 9.84 Å². The molecule has 0 aromatic heterocycles. The molecule has 0 atom stereocenters. The summed E-state index contributed by atoms with van der Waals surface area (Å²) in [6, 6.07) is 12.2. The van der Waals surface area contributed by atoms with Gasteiger partial charge in [-0.15, -0.1) is 0 Å². The first-order valence-electron chi connectivity index (χ1n) is 7.85. The number of anilines is 1. The van der Waals surface area contributed by atoms with Crippen LogP contribution in [-0.2, 0) is 0 Å². The van der Waals surface area contributed by atoms with Gasteiger partial charge in [0.05, 0.1) is 18.3 Å². The Balaban J connectivity index is 2.13. The van der Waals surface area contributed by atoms with E-state index in [1.165, 1.54) is 0 Å². The van der Waals surface area contributed by atoms with Crippen LogP contribution in [0.3, 0.4) is 0 Å². The predicted molar refractivity (Wildman–Crippen MR) is 95.6 cm³/mol. The maximum Gasteiger partial charge on any atom is 0.259 e. The highest BCUT2D eigenvalue weighted by molar-refractivity contribution is 6.10. The first-order valence-corrected chi connectivity index (χ1v) is 7.85. The Morgan fingerprint density at radius 2 is 1.92 bits per heavy atom. The van der Waals surface area contributed by atoms with E-state index in [1.54, 1.807) is 42.3 Å². The fourth-order valence-corrected chi connectivity index (χ4v) is 3.27. The zero-order chi connectivity index (χ0) is 17.5. The van der Waals surface area contributed by atoms with Gasteiger partial charge in [0, 0.05) is 11.1 Å². The number of nitrogens with zero attached hydrogens (tertiary/aromatic N) is 1. The highest BCUT2D eigenvalue weighted by Gasteiger charge is 2.36. The molecular weight excluding hydrogens is 302 g/mol. The molecule has 0 aliphatic carbocycles. The minimum Gasteiger partial charge on any atom is -0.508 e. The second-order valence-electron chi connectivity index (χ2n) is 6.55. The summed E-state index contributed by atoms with van der Waals surface area (Å²) in [7, 11) is 1.58. The van der Waals surface area contributed by atoms with Crippen LogP contribution in [0.5, 0.6) is 11.5 Å². The number of phenols is 1. The summed E-state index contributed by atoms with van der Waals surface area (Å²) < 4.78 is 5.23. The summed E-state index contributed by atoms with van der Waals surface area (Å²) in [6.07, 6.45) is 2.05. The number of fused-ring (bicyclic) bond motifs is 1. The van der Waals surface area contributed by atoms with Gasteiger partial charge in [-0.05, 0) is 62.7 Å². The van der Waals surface area contributed by atoms with Gasteiger partial charge in [-0.25, -0.2) is 0 Å². The van der Waals surface area contributed by atoms with Gasteiger partial charge in [0.15, 0.2) is 0 Å². The Morgan fingerprint density at radius 1 is 1.17 bits per heavy atom. The molecule has 24 heavy (non-hydrogen) atoms. The molecule has 0 unspecified atom stereocenters. The fraction of sp³-hybridized carbons (Fsp3) is 0.250. The van der Waals surface area contributed by atoms with Crippen LogP contribution >= 0.6 is 0 Å². The molecular formula is C20H21NO3. The number of benzene rings is 2. The molecule has 0 saturated heterocycles. The number of hydrogen-bond acceptors (Lipinski definition) is 3. The monoisotopic (exact) mass is 323 g/mol. The number of methoxy groups -OCH3 is 1. The minimum absolute atomic E-state index is 0.102. The van der Waals surface area contributed by atoms with Crippen molar-refractivity contribution in [3.63, 3.8) is 0 Å². The van der Waals surface area contributed by atoms with Crippen molar-refractivity contribution in [3.8, 4) is 11.5 Å². The van der Waals surface area contributed by atoms with Crippen LogP contribution in [0.2, 0.25) is 0 Å². The summed E-state index contributed by atoms with van der Waals surface area (Å²) in [5, 5.41) is 9.80. The largest absolute Gasteiger partial charge is 0.508 e. The molecule has 2 aromatic rings. The van der Waals surface area contributed by atoms with Crippen molar-refractivity contribution in [2.24, 2.45) is 0 Å². The van der Waals surface area contributed by atoms with Gasteiger partial charge in [-0.1, -0.05) is 12.1 Å². The second-order valence-corrected chi connectivity index (χ2v) is 6.55. The minimum atomic E-state index is -0.478. The molecule has 0 fully saturated rings. The Labute approximate surface area is 142 Å². The van der Waals surface area contributed by atoms with Crippen LogP contribution < -0.4 is 9.64 Å². The molecule has 1 heterocycles. The fourth-order valence-electron chi connectivity index (χ4n) is 3.27. The van der Waals surface area contributed by atoms with Crippen molar-refractivity contribution >= 4 is 17.2 Å². The molecule has 124 valence electrons. The standard InChI is InChI=1S/C20H21NO3/c1-13-12-20(2,3)21(18-9-8-15(22)11-17(13)18)19(23)14-6-5-7-16(10-14)24-4/h5-12,22H,1-4H3. The van der Waals surface area contributed by atoms with E-state index < -0.39 is 5.54 Å². The first kappa shape index (κ1) is 16.1. The summed E-state index contributed by atoms with van der Waals surface area (Å²) in [5.41, 5.74) is 2.79. The third kappa shape index (κ3) is 2.64. The second kappa shape index (κ2) is 5.71. The van der Waals surface area contributed by atoms with Gasteiger partial charge in [-0.3, -0.25) is 9.69 Å². The lowest BCUT2D eigenvalue weighted by molar-refractivity contribution is 0.0969. The van der Waals surface area contributed by atoms with Gasteiger partial charge in [-0.2, -0.15) is 0 Å². The average Bonchev–Trinajstić information content (AvgIpc) is 2.54. The van der Waals surface area contributed by atoms with Gasteiger partial charge in [0.2, 0.25) is 0 Å². The number of amides is 1. The number of phenolic OH excluding ortho intramolecular Hbond substituents is 1. The highest BCUT2D eigenvalue weighted by atomic mass is 16.5. The third-order valence-corrected chi connectivity index (χ3v) is 4.31. The summed E-state index contributed by atoms with van der Waals surface area (Å²) in [5.74, 6) is 0.734. The normalized spacial score (nSPS) is 15.5. The van der Waals surface area contributed by atoms with E-state index in [9.17, 15) is 9.90 Å². The summed E-state index contributed by atoms with van der Waals surface area (Å²) in [4.78, 5) is 15.0.